The summed E-state index contributed by atoms with van der Waals surface area (Å²) in [6.07, 6.45) is 9.00. The highest BCUT2D eigenvalue weighted by Gasteiger charge is 2.47. The smallest absolute Gasteiger partial charge is 0.331 e. The van der Waals surface area contributed by atoms with Crippen LogP contribution in [0.3, 0.4) is 0 Å². The van der Waals surface area contributed by atoms with E-state index in [-0.39, 0.29) is 47.0 Å². The summed E-state index contributed by atoms with van der Waals surface area (Å²) in [7, 11) is 0. The maximum atomic E-state index is 16.2. The van der Waals surface area contributed by atoms with Gasteiger partial charge >= 0.3 is 11.9 Å². The predicted molar refractivity (Wildman–Crippen MR) is 139 cm³/mol. The van der Waals surface area contributed by atoms with Crippen LogP contribution >= 0.6 is 0 Å². The van der Waals surface area contributed by atoms with Crippen molar-refractivity contribution >= 4 is 23.0 Å². The molecule has 3 saturated carbocycles. The third kappa shape index (κ3) is 4.22. The molecule has 2 bridgehead atoms. The third-order valence-corrected chi connectivity index (χ3v) is 8.72. The molecule has 10 nitrogen and oxygen atoms in total. The molecule has 7 rings (SSSR count). The highest BCUT2D eigenvalue weighted by molar-refractivity contribution is 5.91. The maximum Gasteiger partial charge on any atom is 0.331 e. The third-order valence-electron chi connectivity index (χ3n) is 8.72. The Labute approximate surface area is 227 Å². The van der Waals surface area contributed by atoms with Gasteiger partial charge in [0.1, 0.15) is 17.2 Å². The second-order valence-electron chi connectivity index (χ2n) is 11.4. The number of rotatable bonds is 7. The first-order valence-corrected chi connectivity index (χ1v) is 13.3. The van der Waals surface area contributed by atoms with E-state index < -0.39 is 35.0 Å². The number of pyridine rings is 1. The molecule has 0 spiro atoms. The molecule has 3 aliphatic carbocycles. The molecule has 3 N–H and O–H groups in total. The van der Waals surface area contributed by atoms with E-state index >= 15 is 4.39 Å². The molecule has 0 saturated heterocycles. The molecule has 0 aromatic carbocycles. The van der Waals surface area contributed by atoms with Crippen LogP contribution in [0.5, 0.6) is 0 Å². The predicted octanol–water partition coefficient (Wildman–Crippen LogP) is 4.66. The van der Waals surface area contributed by atoms with E-state index in [1.165, 1.54) is 37.0 Å². The molecule has 0 radical (unpaired) electrons. The Hall–Kier alpha value is -4.22. The van der Waals surface area contributed by atoms with Crippen LogP contribution in [0.4, 0.5) is 8.78 Å². The Bertz CT molecular complexity index is 1640. The lowest BCUT2D eigenvalue weighted by Gasteiger charge is -2.46. The summed E-state index contributed by atoms with van der Waals surface area (Å²) in [6, 6.07) is 1.29. The molecule has 40 heavy (non-hydrogen) atoms. The molecule has 2 atom stereocenters. The summed E-state index contributed by atoms with van der Waals surface area (Å²) < 4.78 is 31.6. The summed E-state index contributed by atoms with van der Waals surface area (Å²) in [4.78, 5) is 40.1. The van der Waals surface area contributed by atoms with Crippen molar-refractivity contribution < 1.29 is 28.6 Å². The summed E-state index contributed by atoms with van der Waals surface area (Å²) >= 11 is 0. The van der Waals surface area contributed by atoms with Gasteiger partial charge in [-0.1, -0.05) is 0 Å². The van der Waals surface area contributed by atoms with E-state index in [1.807, 2.05) is 0 Å². The minimum atomic E-state index is -1.40. The van der Waals surface area contributed by atoms with Crippen LogP contribution in [-0.2, 0) is 21.5 Å². The first-order chi connectivity index (χ1) is 19.0. The number of carboxylic acids is 2. The first-order valence-electron chi connectivity index (χ1n) is 13.3. The number of nitrogens with one attached hydrogen (secondary N) is 1. The number of hydrogen-bond donors (Lipinski definition) is 3. The number of carbonyl (C=O) groups is 2. The first kappa shape index (κ1) is 26.0. The normalized spacial score (nSPS) is 22.6. The van der Waals surface area contributed by atoms with Gasteiger partial charge in [-0.05, 0) is 69.8 Å². The van der Waals surface area contributed by atoms with Crippen molar-refractivity contribution in [1.82, 2.24) is 29.7 Å². The number of fused-ring (bicyclic) bond motifs is 4. The van der Waals surface area contributed by atoms with Gasteiger partial charge in [-0.25, -0.2) is 28.5 Å². The van der Waals surface area contributed by atoms with E-state index in [0.29, 0.717) is 16.6 Å². The number of aromatic amines is 1. The van der Waals surface area contributed by atoms with Crippen LogP contribution in [-0.4, -0.2) is 51.9 Å². The molecule has 0 aliphatic heterocycles. The van der Waals surface area contributed by atoms with Crippen molar-refractivity contribution in [3.8, 4) is 22.6 Å². The van der Waals surface area contributed by atoms with Gasteiger partial charge in [0.05, 0.1) is 24.0 Å². The van der Waals surface area contributed by atoms with Gasteiger partial charge in [0, 0.05) is 28.9 Å². The molecular formula is C28H28F2N6O4. The second-order valence-corrected chi connectivity index (χ2v) is 11.4. The maximum absolute atomic E-state index is 16.2. The molecule has 208 valence electrons. The minimum Gasteiger partial charge on any atom is -0.481 e. The molecule has 3 fully saturated rings. The molecule has 0 amide bonds. The number of hydrogen-bond acceptors (Lipinski definition) is 6. The van der Waals surface area contributed by atoms with E-state index in [1.54, 1.807) is 6.20 Å². The molecule has 4 heterocycles. The lowest BCUT2D eigenvalue weighted by molar-refractivity contribution is -0.152. The number of H-pyrrole nitrogens is 1. The fourth-order valence-corrected chi connectivity index (χ4v) is 6.43. The van der Waals surface area contributed by atoms with Crippen molar-refractivity contribution in [2.24, 2.45) is 23.7 Å². The SMILES string of the molecule is CC(C)(C(=O)O)n1cc(-c2nc(-c3c[nH]c4ncc(F)cc34)nc(CC3C4CCC(CC4)C3C(=O)O)c2F)cn1. The lowest BCUT2D eigenvalue weighted by atomic mass is 9.57. The average molecular weight is 551 g/mol. The van der Waals surface area contributed by atoms with Gasteiger partial charge in [0.2, 0.25) is 0 Å². The summed E-state index contributed by atoms with van der Waals surface area (Å²) in [5.74, 6) is -3.82. The molecular weight excluding hydrogens is 522 g/mol. The Morgan fingerprint density at radius 2 is 1.82 bits per heavy atom. The van der Waals surface area contributed by atoms with Gasteiger partial charge in [-0.2, -0.15) is 5.10 Å². The van der Waals surface area contributed by atoms with Crippen LogP contribution in [0, 0.1) is 35.3 Å². The lowest BCUT2D eigenvalue weighted by Crippen LogP contribution is -2.45. The Morgan fingerprint density at radius 1 is 1.10 bits per heavy atom. The number of aliphatic carboxylic acids is 2. The minimum absolute atomic E-state index is 0.0514. The second kappa shape index (κ2) is 9.46. The molecule has 4 aromatic rings. The van der Waals surface area contributed by atoms with Crippen molar-refractivity contribution in [1.29, 1.82) is 0 Å². The number of aromatic nitrogens is 6. The fraction of sp³-hybridized carbons (Fsp3) is 0.429. The Morgan fingerprint density at radius 3 is 2.52 bits per heavy atom. The summed E-state index contributed by atoms with van der Waals surface area (Å²) in [5.41, 5.74) is -0.391. The van der Waals surface area contributed by atoms with Crippen LogP contribution in [0.2, 0.25) is 0 Å². The summed E-state index contributed by atoms with van der Waals surface area (Å²) in [5, 5.41) is 24.2. The Balaban J connectivity index is 1.50. The zero-order valence-electron chi connectivity index (χ0n) is 21.9. The highest BCUT2D eigenvalue weighted by Crippen LogP contribution is 2.50. The standard InChI is InChI=1S/C28H28F2N6O4/c1-28(2,27(39)40)36-12-15(9-33-36)23-22(30)20(8-17-13-3-5-14(6-4-13)21(17)26(37)38)34-25(35-23)19-11-32-24-18(19)7-16(29)10-31-24/h7,9-14,17,21H,3-6,8H2,1-2H3,(H,31,32)(H,37,38)(H,39,40). The van der Waals surface area contributed by atoms with Crippen molar-refractivity contribution in [2.75, 3.05) is 0 Å². The van der Waals surface area contributed by atoms with Gasteiger partial charge in [-0.15, -0.1) is 0 Å². The monoisotopic (exact) mass is 550 g/mol. The fourth-order valence-electron chi connectivity index (χ4n) is 6.43. The van der Waals surface area contributed by atoms with Crippen LogP contribution in [0.1, 0.15) is 45.2 Å². The molecule has 4 aromatic heterocycles. The quantitative estimate of drug-likeness (QED) is 0.301. The number of halogens is 2. The highest BCUT2D eigenvalue weighted by atomic mass is 19.1. The van der Waals surface area contributed by atoms with Crippen molar-refractivity contribution in [3.05, 3.63) is 48.2 Å². The summed E-state index contributed by atoms with van der Waals surface area (Å²) in [6.45, 7) is 2.94. The largest absolute Gasteiger partial charge is 0.481 e. The average Bonchev–Trinajstić information content (AvgIpc) is 3.58. The number of nitrogens with zero attached hydrogens (tertiary/aromatic N) is 5. The number of carboxylic acid groups (broad SMARTS) is 2. The van der Waals surface area contributed by atoms with Crippen molar-refractivity contribution in [3.63, 3.8) is 0 Å². The Kier molecular flexibility index (Phi) is 6.15. The van der Waals surface area contributed by atoms with E-state index in [9.17, 15) is 24.2 Å². The zero-order valence-corrected chi connectivity index (χ0v) is 21.9. The van der Waals surface area contributed by atoms with Gasteiger partial charge in [0.25, 0.3) is 0 Å². The van der Waals surface area contributed by atoms with Gasteiger partial charge in [-0.3, -0.25) is 9.48 Å². The van der Waals surface area contributed by atoms with E-state index in [2.05, 4.69) is 25.0 Å². The zero-order chi connectivity index (χ0) is 28.3. The van der Waals surface area contributed by atoms with Crippen LogP contribution < -0.4 is 0 Å². The van der Waals surface area contributed by atoms with E-state index in [4.69, 9.17) is 0 Å². The molecule has 3 aliphatic rings. The van der Waals surface area contributed by atoms with Crippen molar-refractivity contribution in [2.45, 2.75) is 51.5 Å². The van der Waals surface area contributed by atoms with Crippen LogP contribution in [0.15, 0.2) is 30.9 Å². The topological polar surface area (TPSA) is 147 Å². The van der Waals surface area contributed by atoms with Gasteiger partial charge < -0.3 is 15.2 Å². The molecule has 2 unspecified atom stereocenters. The van der Waals surface area contributed by atoms with Gasteiger partial charge in [0.15, 0.2) is 17.2 Å². The van der Waals surface area contributed by atoms with Crippen LogP contribution in [0.25, 0.3) is 33.7 Å². The van der Waals surface area contributed by atoms with E-state index in [0.717, 1.165) is 31.9 Å². The molecule has 12 heteroatoms.